The first kappa shape index (κ1) is 10.2. The molecule has 0 unspecified atom stereocenters. The molecule has 0 atom stereocenters. The van der Waals surface area contributed by atoms with Crippen LogP contribution < -0.4 is 0 Å². The van der Waals surface area contributed by atoms with Crippen LogP contribution in [0.3, 0.4) is 0 Å². The van der Waals surface area contributed by atoms with Crippen molar-refractivity contribution >= 4 is 5.97 Å². The minimum Gasteiger partial charge on any atom is -0.481 e. The Morgan fingerprint density at radius 3 is 2.87 bits per heavy atom. The Labute approximate surface area is 88.3 Å². The van der Waals surface area contributed by atoms with Crippen molar-refractivity contribution in [2.45, 2.75) is 44.9 Å². The summed E-state index contributed by atoms with van der Waals surface area (Å²) in [5.41, 5.74) is 1.04. The molecule has 1 aliphatic carbocycles. The van der Waals surface area contributed by atoms with E-state index in [1.54, 1.807) is 0 Å². The summed E-state index contributed by atoms with van der Waals surface area (Å²) in [6, 6.07) is 0. The Balaban J connectivity index is 2.03. The Kier molecular flexibility index (Phi) is 2.75. The van der Waals surface area contributed by atoms with Gasteiger partial charge in [-0.3, -0.25) is 4.79 Å². The second-order valence-electron chi connectivity index (χ2n) is 4.07. The minimum absolute atomic E-state index is 0.0874. The fourth-order valence-electron chi connectivity index (χ4n) is 1.85. The molecule has 4 heteroatoms. The van der Waals surface area contributed by atoms with E-state index in [4.69, 9.17) is 9.52 Å². The number of carboxylic acids is 1. The summed E-state index contributed by atoms with van der Waals surface area (Å²) in [6.45, 7) is 1.91. The number of aryl methyl sites for hydroxylation is 2. The van der Waals surface area contributed by atoms with Crippen LogP contribution in [-0.2, 0) is 11.2 Å². The number of nitrogens with zero attached hydrogens (tertiary/aromatic N) is 1. The Bertz CT molecular complexity index is 366. The number of aromatic nitrogens is 1. The van der Waals surface area contributed by atoms with Gasteiger partial charge in [-0.15, -0.1) is 0 Å². The fourth-order valence-corrected chi connectivity index (χ4v) is 1.85. The van der Waals surface area contributed by atoms with Gasteiger partial charge in [0.25, 0.3) is 0 Å². The van der Waals surface area contributed by atoms with E-state index in [1.165, 1.54) is 19.3 Å². The average Bonchev–Trinajstić information content (AvgIpc) is 2.42. The molecule has 82 valence electrons. The van der Waals surface area contributed by atoms with Crippen LogP contribution in [-0.4, -0.2) is 16.1 Å². The summed E-state index contributed by atoms with van der Waals surface area (Å²) in [7, 11) is 0. The monoisotopic (exact) mass is 209 g/mol. The molecule has 0 radical (unpaired) electrons. The van der Waals surface area contributed by atoms with Gasteiger partial charge in [0.15, 0.2) is 5.89 Å². The molecule has 1 saturated carbocycles. The van der Waals surface area contributed by atoms with E-state index in [0.29, 0.717) is 18.2 Å². The van der Waals surface area contributed by atoms with E-state index >= 15 is 0 Å². The van der Waals surface area contributed by atoms with Crippen LogP contribution in [0, 0.1) is 6.92 Å². The van der Waals surface area contributed by atoms with E-state index in [-0.39, 0.29) is 6.42 Å². The van der Waals surface area contributed by atoms with E-state index in [0.717, 1.165) is 11.5 Å². The van der Waals surface area contributed by atoms with Crippen molar-refractivity contribution in [1.29, 1.82) is 0 Å². The summed E-state index contributed by atoms with van der Waals surface area (Å²) in [4.78, 5) is 14.8. The van der Waals surface area contributed by atoms with Crippen LogP contribution in [0.1, 0.15) is 48.9 Å². The third kappa shape index (κ3) is 2.19. The predicted molar refractivity (Wildman–Crippen MR) is 53.8 cm³/mol. The molecule has 0 bridgehead atoms. The molecule has 0 aromatic carbocycles. The van der Waals surface area contributed by atoms with Crippen molar-refractivity contribution in [3.8, 4) is 0 Å². The van der Waals surface area contributed by atoms with Crippen molar-refractivity contribution in [3.05, 3.63) is 17.3 Å². The van der Waals surface area contributed by atoms with Crippen LogP contribution in [0.25, 0.3) is 0 Å². The number of carbonyl (C=O) groups is 1. The number of aliphatic carboxylic acids is 1. The lowest BCUT2D eigenvalue weighted by Crippen LogP contribution is -2.10. The van der Waals surface area contributed by atoms with E-state index in [1.807, 2.05) is 6.92 Å². The zero-order chi connectivity index (χ0) is 10.8. The Morgan fingerprint density at radius 1 is 1.60 bits per heavy atom. The maximum Gasteiger partial charge on any atom is 0.303 e. The molecular formula is C11H15NO3. The van der Waals surface area contributed by atoms with Crippen LogP contribution in [0.2, 0.25) is 0 Å². The first-order chi connectivity index (χ1) is 7.16. The maximum absolute atomic E-state index is 10.4. The van der Waals surface area contributed by atoms with Crippen molar-refractivity contribution in [3.63, 3.8) is 0 Å². The third-order valence-corrected chi connectivity index (χ3v) is 2.92. The highest BCUT2D eigenvalue weighted by molar-refractivity contribution is 5.66. The molecule has 15 heavy (non-hydrogen) atoms. The van der Waals surface area contributed by atoms with Gasteiger partial charge in [-0.1, -0.05) is 6.42 Å². The number of carboxylic acid groups (broad SMARTS) is 1. The molecule has 0 spiro atoms. The molecule has 1 fully saturated rings. The van der Waals surface area contributed by atoms with Crippen molar-refractivity contribution in [2.24, 2.45) is 0 Å². The van der Waals surface area contributed by atoms with E-state index in [9.17, 15) is 4.79 Å². The van der Waals surface area contributed by atoms with Crippen LogP contribution in [0.5, 0.6) is 0 Å². The zero-order valence-corrected chi connectivity index (χ0v) is 8.82. The molecule has 0 aliphatic heterocycles. The molecule has 1 heterocycles. The summed E-state index contributed by atoms with van der Waals surface area (Å²) < 4.78 is 5.45. The van der Waals surface area contributed by atoms with Crippen LogP contribution in [0.4, 0.5) is 0 Å². The molecule has 1 aliphatic rings. The standard InChI is InChI=1S/C11H15NO3/c1-7-11(8-3-2-4-8)12-9(15-7)5-6-10(13)14/h8H,2-6H2,1H3,(H,13,14). The number of rotatable bonds is 4. The molecule has 4 nitrogen and oxygen atoms in total. The predicted octanol–water partition coefficient (Wildman–Crippen LogP) is 2.27. The lowest BCUT2D eigenvalue weighted by molar-refractivity contribution is -0.137. The highest BCUT2D eigenvalue weighted by atomic mass is 16.4. The normalized spacial score (nSPS) is 16.3. The molecule has 0 saturated heterocycles. The summed E-state index contributed by atoms with van der Waals surface area (Å²) >= 11 is 0. The number of hydrogen-bond donors (Lipinski definition) is 1. The third-order valence-electron chi connectivity index (χ3n) is 2.92. The van der Waals surface area contributed by atoms with E-state index < -0.39 is 5.97 Å². The van der Waals surface area contributed by atoms with Crippen molar-refractivity contribution in [2.75, 3.05) is 0 Å². The van der Waals surface area contributed by atoms with Gasteiger partial charge in [-0.05, 0) is 19.8 Å². The summed E-state index contributed by atoms with van der Waals surface area (Å²) in [6.07, 6.45) is 4.12. The van der Waals surface area contributed by atoms with Gasteiger partial charge in [0, 0.05) is 12.3 Å². The molecule has 1 N–H and O–H groups in total. The second-order valence-corrected chi connectivity index (χ2v) is 4.07. The highest BCUT2D eigenvalue weighted by Crippen LogP contribution is 2.37. The molecule has 0 amide bonds. The number of hydrogen-bond acceptors (Lipinski definition) is 3. The fraction of sp³-hybridized carbons (Fsp3) is 0.636. The van der Waals surface area contributed by atoms with Crippen LogP contribution >= 0.6 is 0 Å². The van der Waals surface area contributed by atoms with Gasteiger partial charge in [-0.2, -0.15) is 0 Å². The molecular weight excluding hydrogens is 194 g/mol. The van der Waals surface area contributed by atoms with Gasteiger partial charge in [0.05, 0.1) is 12.1 Å². The molecule has 1 aromatic rings. The summed E-state index contributed by atoms with van der Waals surface area (Å²) in [5, 5.41) is 8.55. The van der Waals surface area contributed by atoms with Gasteiger partial charge in [0.1, 0.15) is 5.76 Å². The van der Waals surface area contributed by atoms with Gasteiger partial charge in [0.2, 0.25) is 0 Å². The Morgan fingerprint density at radius 2 is 2.33 bits per heavy atom. The van der Waals surface area contributed by atoms with Crippen molar-refractivity contribution < 1.29 is 14.3 Å². The summed E-state index contributed by atoms with van der Waals surface area (Å²) in [5.74, 6) is 1.17. The van der Waals surface area contributed by atoms with Crippen molar-refractivity contribution in [1.82, 2.24) is 4.98 Å². The SMILES string of the molecule is Cc1oc(CCC(=O)O)nc1C1CCC1. The number of oxazole rings is 1. The van der Waals surface area contributed by atoms with Crippen LogP contribution in [0.15, 0.2) is 4.42 Å². The zero-order valence-electron chi connectivity index (χ0n) is 8.82. The topological polar surface area (TPSA) is 63.3 Å². The quantitative estimate of drug-likeness (QED) is 0.826. The minimum atomic E-state index is -0.809. The largest absolute Gasteiger partial charge is 0.481 e. The highest BCUT2D eigenvalue weighted by Gasteiger charge is 2.25. The first-order valence-electron chi connectivity index (χ1n) is 5.35. The maximum atomic E-state index is 10.4. The van der Waals surface area contributed by atoms with Gasteiger partial charge >= 0.3 is 5.97 Å². The van der Waals surface area contributed by atoms with Gasteiger partial charge in [-0.25, -0.2) is 4.98 Å². The smallest absolute Gasteiger partial charge is 0.303 e. The second kappa shape index (κ2) is 4.04. The lowest BCUT2D eigenvalue weighted by Gasteiger charge is -2.23. The van der Waals surface area contributed by atoms with E-state index in [2.05, 4.69) is 4.98 Å². The molecule has 2 rings (SSSR count). The molecule has 1 aromatic heterocycles. The Hall–Kier alpha value is -1.32. The average molecular weight is 209 g/mol. The first-order valence-corrected chi connectivity index (χ1v) is 5.35. The van der Waals surface area contributed by atoms with Gasteiger partial charge < -0.3 is 9.52 Å². The lowest BCUT2D eigenvalue weighted by atomic mass is 9.82.